The SMILES string of the molecule is O=C(CC[C@H]1CN(Cc2cccc3ccccc23)CC[C@H]1N1CCOCC1)NCc1ccccn1. The molecule has 184 valence electrons. The normalized spacial score (nSPS) is 21.7. The molecule has 1 N–H and O–H groups in total. The van der Waals surface area contributed by atoms with E-state index in [1.54, 1.807) is 6.20 Å². The minimum atomic E-state index is 0.113. The standard InChI is InChI=1S/C29H36N4O2/c34-29(31-20-26-9-3-4-14-30-26)12-11-25-22-32(15-13-28(25)33-16-18-35-19-17-33)21-24-8-5-7-23-6-1-2-10-27(23)24/h1-10,14,25,28H,11-13,15-22H2,(H,31,34)/t25-,28+/m0/s1. The molecule has 1 amide bonds. The molecule has 2 aliphatic heterocycles. The number of nitrogens with one attached hydrogen (secondary N) is 1. The topological polar surface area (TPSA) is 57.7 Å². The second-order valence-electron chi connectivity index (χ2n) is 9.77. The number of pyridine rings is 1. The van der Waals surface area contributed by atoms with Crippen LogP contribution in [-0.2, 0) is 22.6 Å². The van der Waals surface area contributed by atoms with Crippen LogP contribution < -0.4 is 5.32 Å². The third kappa shape index (κ3) is 6.26. The molecule has 5 rings (SSSR count). The zero-order valence-electron chi connectivity index (χ0n) is 20.4. The molecule has 2 atom stereocenters. The zero-order chi connectivity index (χ0) is 23.9. The van der Waals surface area contributed by atoms with Crippen LogP contribution in [0.1, 0.15) is 30.5 Å². The van der Waals surface area contributed by atoms with Crippen molar-refractivity contribution in [2.75, 3.05) is 39.4 Å². The molecule has 2 fully saturated rings. The minimum absolute atomic E-state index is 0.113. The second kappa shape index (κ2) is 11.8. The average molecular weight is 473 g/mol. The molecule has 0 radical (unpaired) electrons. The largest absolute Gasteiger partial charge is 0.379 e. The average Bonchev–Trinajstić information content (AvgIpc) is 2.92. The van der Waals surface area contributed by atoms with E-state index in [9.17, 15) is 4.79 Å². The number of fused-ring (bicyclic) bond motifs is 1. The first-order valence-corrected chi connectivity index (χ1v) is 12.9. The van der Waals surface area contributed by atoms with Crippen molar-refractivity contribution >= 4 is 16.7 Å². The van der Waals surface area contributed by atoms with Gasteiger partial charge in [-0.3, -0.25) is 19.6 Å². The van der Waals surface area contributed by atoms with E-state index in [0.717, 1.165) is 64.5 Å². The quantitative estimate of drug-likeness (QED) is 0.540. The van der Waals surface area contributed by atoms with Gasteiger partial charge in [-0.1, -0.05) is 48.5 Å². The summed E-state index contributed by atoms with van der Waals surface area (Å²) >= 11 is 0. The Kier molecular flexibility index (Phi) is 8.03. The Balaban J connectivity index is 1.23. The van der Waals surface area contributed by atoms with Crippen LogP contribution in [0.15, 0.2) is 66.9 Å². The van der Waals surface area contributed by atoms with Gasteiger partial charge in [0.05, 0.1) is 25.5 Å². The molecule has 0 aliphatic carbocycles. The number of carbonyl (C=O) groups is 1. The van der Waals surface area contributed by atoms with Gasteiger partial charge >= 0.3 is 0 Å². The highest BCUT2D eigenvalue weighted by atomic mass is 16.5. The molecule has 3 aromatic rings. The summed E-state index contributed by atoms with van der Waals surface area (Å²) in [5.41, 5.74) is 2.28. The maximum Gasteiger partial charge on any atom is 0.220 e. The van der Waals surface area contributed by atoms with Crippen LogP contribution in [0.25, 0.3) is 10.8 Å². The van der Waals surface area contributed by atoms with Gasteiger partial charge in [0.1, 0.15) is 0 Å². The van der Waals surface area contributed by atoms with Crippen LogP contribution in [0.2, 0.25) is 0 Å². The van der Waals surface area contributed by atoms with Crippen molar-refractivity contribution in [3.05, 3.63) is 78.1 Å². The van der Waals surface area contributed by atoms with Gasteiger partial charge < -0.3 is 10.1 Å². The molecule has 6 nitrogen and oxygen atoms in total. The monoisotopic (exact) mass is 472 g/mol. The van der Waals surface area contributed by atoms with Crippen molar-refractivity contribution < 1.29 is 9.53 Å². The van der Waals surface area contributed by atoms with Crippen LogP contribution in [0.4, 0.5) is 0 Å². The highest BCUT2D eigenvalue weighted by molar-refractivity contribution is 5.85. The van der Waals surface area contributed by atoms with Gasteiger partial charge in [-0.2, -0.15) is 0 Å². The van der Waals surface area contributed by atoms with E-state index in [2.05, 4.69) is 62.6 Å². The van der Waals surface area contributed by atoms with Crippen molar-refractivity contribution in [2.24, 2.45) is 5.92 Å². The summed E-state index contributed by atoms with van der Waals surface area (Å²) in [5.74, 6) is 0.583. The van der Waals surface area contributed by atoms with E-state index in [1.165, 1.54) is 16.3 Å². The number of likely N-dealkylation sites (tertiary alicyclic amines) is 1. The molecule has 3 heterocycles. The van der Waals surface area contributed by atoms with E-state index >= 15 is 0 Å². The number of aromatic nitrogens is 1. The third-order valence-electron chi connectivity index (χ3n) is 7.50. The Hall–Kier alpha value is -2.80. The molecule has 2 saturated heterocycles. The lowest BCUT2D eigenvalue weighted by molar-refractivity contribution is -0.121. The van der Waals surface area contributed by atoms with Crippen molar-refractivity contribution in [3.8, 4) is 0 Å². The maximum atomic E-state index is 12.7. The molecule has 0 bridgehead atoms. The second-order valence-corrected chi connectivity index (χ2v) is 9.77. The number of carbonyl (C=O) groups excluding carboxylic acids is 1. The van der Waals surface area contributed by atoms with Crippen molar-refractivity contribution in [1.29, 1.82) is 0 Å². The molecule has 0 saturated carbocycles. The molecule has 35 heavy (non-hydrogen) atoms. The number of hydrogen-bond acceptors (Lipinski definition) is 5. The van der Waals surface area contributed by atoms with Crippen molar-refractivity contribution in [3.63, 3.8) is 0 Å². The Bertz CT molecular complexity index is 1090. The van der Waals surface area contributed by atoms with Crippen LogP contribution in [0, 0.1) is 5.92 Å². The van der Waals surface area contributed by atoms with Crippen LogP contribution in [0.5, 0.6) is 0 Å². The fourth-order valence-electron chi connectivity index (χ4n) is 5.68. The molecular formula is C29H36N4O2. The molecule has 0 unspecified atom stereocenters. The highest BCUT2D eigenvalue weighted by Gasteiger charge is 2.34. The highest BCUT2D eigenvalue weighted by Crippen LogP contribution is 2.29. The molecule has 2 aromatic carbocycles. The number of hydrogen-bond donors (Lipinski definition) is 1. The zero-order valence-corrected chi connectivity index (χ0v) is 20.4. The summed E-state index contributed by atoms with van der Waals surface area (Å²) in [6, 6.07) is 21.6. The summed E-state index contributed by atoms with van der Waals surface area (Å²) in [6.07, 6.45) is 4.37. The van der Waals surface area contributed by atoms with Gasteiger partial charge in [0, 0.05) is 44.8 Å². The first-order chi connectivity index (χ1) is 17.3. The Labute approximate surface area is 208 Å². The fourth-order valence-corrected chi connectivity index (χ4v) is 5.68. The first-order valence-electron chi connectivity index (χ1n) is 12.9. The van der Waals surface area contributed by atoms with Gasteiger partial charge in [-0.25, -0.2) is 0 Å². The lowest BCUT2D eigenvalue weighted by Crippen LogP contribution is -2.54. The number of rotatable bonds is 8. The van der Waals surface area contributed by atoms with E-state index in [4.69, 9.17) is 4.74 Å². The smallest absolute Gasteiger partial charge is 0.220 e. The summed E-state index contributed by atoms with van der Waals surface area (Å²) in [7, 11) is 0. The van der Waals surface area contributed by atoms with Crippen LogP contribution in [-0.4, -0.2) is 66.1 Å². The molecule has 0 spiro atoms. The predicted octanol–water partition coefficient (Wildman–Crippen LogP) is 3.85. The van der Waals surface area contributed by atoms with Gasteiger partial charge in [-0.15, -0.1) is 0 Å². The van der Waals surface area contributed by atoms with E-state index in [0.29, 0.717) is 24.9 Å². The summed E-state index contributed by atoms with van der Waals surface area (Å²) in [4.78, 5) is 22.2. The fraction of sp³-hybridized carbons (Fsp3) is 0.448. The third-order valence-corrected chi connectivity index (χ3v) is 7.50. The lowest BCUT2D eigenvalue weighted by Gasteiger charge is -2.45. The van der Waals surface area contributed by atoms with E-state index in [-0.39, 0.29) is 5.91 Å². The van der Waals surface area contributed by atoms with Gasteiger partial charge in [0.15, 0.2) is 0 Å². The summed E-state index contributed by atoms with van der Waals surface area (Å²) < 4.78 is 5.62. The molecular weight excluding hydrogens is 436 g/mol. The maximum absolute atomic E-state index is 12.7. The number of piperidine rings is 1. The van der Waals surface area contributed by atoms with Gasteiger partial charge in [-0.05, 0) is 53.8 Å². The Morgan fingerprint density at radius 3 is 2.69 bits per heavy atom. The van der Waals surface area contributed by atoms with Gasteiger partial charge in [0.2, 0.25) is 5.91 Å². The van der Waals surface area contributed by atoms with Crippen molar-refractivity contribution in [2.45, 2.75) is 38.4 Å². The summed E-state index contributed by atoms with van der Waals surface area (Å²) in [5, 5.41) is 5.70. The number of nitrogens with zero attached hydrogens (tertiary/aromatic N) is 3. The van der Waals surface area contributed by atoms with Gasteiger partial charge in [0.25, 0.3) is 0 Å². The number of morpholine rings is 1. The lowest BCUT2D eigenvalue weighted by atomic mass is 9.86. The molecule has 6 heteroatoms. The molecule has 1 aromatic heterocycles. The molecule has 2 aliphatic rings. The van der Waals surface area contributed by atoms with Crippen molar-refractivity contribution in [1.82, 2.24) is 20.1 Å². The van der Waals surface area contributed by atoms with E-state index < -0.39 is 0 Å². The summed E-state index contributed by atoms with van der Waals surface area (Å²) in [6.45, 7) is 7.18. The van der Waals surface area contributed by atoms with E-state index in [1.807, 2.05) is 18.2 Å². The number of ether oxygens (including phenoxy) is 1. The van der Waals surface area contributed by atoms with Crippen LogP contribution in [0.3, 0.4) is 0 Å². The van der Waals surface area contributed by atoms with Crippen LogP contribution >= 0.6 is 0 Å². The number of amides is 1. The minimum Gasteiger partial charge on any atom is -0.379 e. The Morgan fingerprint density at radius 2 is 1.83 bits per heavy atom. The Morgan fingerprint density at radius 1 is 1.00 bits per heavy atom. The first kappa shape index (κ1) is 23.9. The number of benzene rings is 2. The predicted molar refractivity (Wildman–Crippen MR) is 139 cm³/mol.